The molecule has 6 heteroatoms. The number of hydrogen-bond donors (Lipinski definition) is 2. The van der Waals surface area contributed by atoms with E-state index >= 15 is 0 Å². The highest BCUT2D eigenvalue weighted by Gasteiger charge is 2.09. The van der Waals surface area contributed by atoms with Gasteiger partial charge < -0.3 is 11.1 Å². The molecule has 0 fully saturated rings. The Morgan fingerprint density at radius 3 is 2.89 bits per heavy atom. The standard InChI is InChI=1S/C13H17N5O/c1-3-11-10(8-18(2)17-11)7-16-13(19)9-4-5-12(14)15-6-9/h4-6,8H,3,7H2,1-2H3,(H2,14,15)(H,16,19). The molecule has 0 aliphatic rings. The number of nitrogens with zero attached hydrogens (tertiary/aromatic N) is 3. The first-order valence-electron chi connectivity index (χ1n) is 6.11. The highest BCUT2D eigenvalue weighted by atomic mass is 16.1. The van der Waals surface area contributed by atoms with E-state index in [-0.39, 0.29) is 5.91 Å². The fraction of sp³-hybridized carbons (Fsp3) is 0.308. The van der Waals surface area contributed by atoms with Crippen LogP contribution in [0.5, 0.6) is 0 Å². The molecule has 6 nitrogen and oxygen atoms in total. The number of hydrogen-bond acceptors (Lipinski definition) is 4. The van der Waals surface area contributed by atoms with Crippen molar-refractivity contribution < 1.29 is 4.79 Å². The lowest BCUT2D eigenvalue weighted by molar-refractivity contribution is 0.0950. The lowest BCUT2D eigenvalue weighted by Gasteiger charge is -2.04. The van der Waals surface area contributed by atoms with Crippen LogP contribution in [0.2, 0.25) is 0 Å². The Balaban J connectivity index is 2.02. The van der Waals surface area contributed by atoms with E-state index in [1.807, 2.05) is 20.2 Å². The lowest BCUT2D eigenvalue weighted by Crippen LogP contribution is -2.23. The van der Waals surface area contributed by atoms with Crippen LogP contribution < -0.4 is 11.1 Å². The van der Waals surface area contributed by atoms with Crippen molar-refractivity contribution in [3.05, 3.63) is 41.3 Å². The van der Waals surface area contributed by atoms with Gasteiger partial charge >= 0.3 is 0 Å². The second-order valence-corrected chi connectivity index (χ2v) is 4.28. The van der Waals surface area contributed by atoms with Gasteiger partial charge in [-0.05, 0) is 18.6 Å². The van der Waals surface area contributed by atoms with Gasteiger partial charge in [0.05, 0.1) is 11.3 Å². The van der Waals surface area contributed by atoms with Gasteiger partial charge in [0.15, 0.2) is 0 Å². The van der Waals surface area contributed by atoms with Gasteiger partial charge in [-0.2, -0.15) is 5.10 Å². The van der Waals surface area contributed by atoms with Crippen molar-refractivity contribution in [2.45, 2.75) is 19.9 Å². The van der Waals surface area contributed by atoms with Gasteiger partial charge in [-0.15, -0.1) is 0 Å². The zero-order valence-corrected chi connectivity index (χ0v) is 11.1. The fourth-order valence-corrected chi connectivity index (χ4v) is 1.85. The zero-order valence-electron chi connectivity index (χ0n) is 11.1. The maximum Gasteiger partial charge on any atom is 0.253 e. The molecule has 0 saturated heterocycles. The third-order valence-electron chi connectivity index (χ3n) is 2.81. The fourth-order valence-electron chi connectivity index (χ4n) is 1.85. The van der Waals surface area contributed by atoms with Crippen LogP contribution in [-0.4, -0.2) is 20.7 Å². The highest BCUT2D eigenvalue weighted by Crippen LogP contribution is 2.07. The van der Waals surface area contributed by atoms with Crippen LogP contribution >= 0.6 is 0 Å². The Hall–Kier alpha value is -2.37. The van der Waals surface area contributed by atoms with Gasteiger partial charge in [0.2, 0.25) is 0 Å². The van der Waals surface area contributed by atoms with E-state index in [1.165, 1.54) is 6.20 Å². The summed E-state index contributed by atoms with van der Waals surface area (Å²) in [6.45, 7) is 2.50. The minimum Gasteiger partial charge on any atom is -0.384 e. The van der Waals surface area contributed by atoms with Gasteiger partial charge in [0, 0.05) is 31.5 Å². The average Bonchev–Trinajstić information content (AvgIpc) is 2.77. The quantitative estimate of drug-likeness (QED) is 0.853. The van der Waals surface area contributed by atoms with Crippen molar-refractivity contribution >= 4 is 11.7 Å². The normalized spacial score (nSPS) is 10.4. The van der Waals surface area contributed by atoms with E-state index in [0.717, 1.165) is 17.7 Å². The van der Waals surface area contributed by atoms with Crippen LogP contribution in [-0.2, 0) is 20.0 Å². The molecular weight excluding hydrogens is 242 g/mol. The predicted octanol–water partition coefficient (Wildman–Crippen LogP) is 0.890. The topological polar surface area (TPSA) is 85.8 Å². The lowest BCUT2D eigenvalue weighted by atomic mass is 10.2. The van der Waals surface area contributed by atoms with Gasteiger partial charge in [-0.25, -0.2) is 4.98 Å². The molecule has 0 atom stereocenters. The van der Waals surface area contributed by atoms with E-state index in [0.29, 0.717) is 17.9 Å². The monoisotopic (exact) mass is 259 g/mol. The Kier molecular flexibility index (Phi) is 3.79. The molecule has 0 radical (unpaired) electrons. The molecule has 0 aliphatic carbocycles. The minimum absolute atomic E-state index is 0.168. The Labute approximate surface area is 111 Å². The van der Waals surface area contributed by atoms with Crippen molar-refractivity contribution in [1.29, 1.82) is 0 Å². The van der Waals surface area contributed by atoms with Crippen molar-refractivity contribution in [1.82, 2.24) is 20.1 Å². The summed E-state index contributed by atoms with van der Waals surface area (Å²) in [4.78, 5) is 15.8. The third kappa shape index (κ3) is 3.09. The van der Waals surface area contributed by atoms with E-state index in [9.17, 15) is 4.79 Å². The van der Waals surface area contributed by atoms with E-state index in [4.69, 9.17) is 5.73 Å². The molecule has 2 heterocycles. The van der Waals surface area contributed by atoms with Crippen molar-refractivity contribution in [3.63, 3.8) is 0 Å². The third-order valence-corrected chi connectivity index (χ3v) is 2.81. The number of rotatable bonds is 4. The van der Waals surface area contributed by atoms with E-state index in [2.05, 4.69) is 15.4 Å². The number of carbonyl (C=O) groups is 1. The molecule has 0 unspecified atom stereocenters. The predicted molar refractivity (Wildman–Crippen MR) is 72.4 cm³/mol. The summed E-state index contributed by atoms with van der Waals surface area (Å²) < 4.78 is 1.76. The first kappa shape index (κ1) is 13.1. The van der Waals surface area contributed by atoms with E-state index in [1.54, 1.807) is 16.8 Å². The number of nitrogens with one attached hydrogen (secondary N) is 1. The van der Waals surface area contributed by atoms with Crippen LogP contribution in [0.3, 0.4) is 0 Å². The molecule has 2 aromatic heterocycles. The summed E-state index contributed by atoms with van der Waals surface area (Å²) in [6, 6.07) is 3.26. The maximum atomic E-state index is 11.9. The average molecular weight is 259 g/mol. The Morgan fingerprint density at radius 1 is 1.47 bits per heavy atom. The smallest absolute Gasteiger partial charge is 0.253 e. The van der Waals surface area contributed by atoms with Crippen LogP contribution in [0, 0.1) is 0 Å². The molecule has 19 heavy (non-hydrogen) atoms. The van der Waals surface area contributed by atoms with Gasteiger partial charge in [-0.3, -0.25) is 9.48 Å². The molecule has 1 amide bonds. The first-order valence-corrected chi connectivity index (χ1v) is 6.11. The molecule has 0 aromatic carbocycles. The molecule has 0 aliphatic heterocycles. The van der Waals surface area contributed by atoms with Crippen molar-refractivity contribution in [2.75, 3.05) is 5.73 Å². The molecule has 100 valence electrons. The highest BCUT2D eigenvalue weighted by molar-refractivity contribution is 5.93. The zero-order chi connectivity index (χ0) is 13.8. The van der Waals surface area contributed by atoms with Crippen LogP contribution in [0.4, 0.5) is 5.82 Å². The minimum atomic E-state index is -0.168. The number of nitrogen functional groups attached to an aromatic ring is 1. The molecule has 0 bridgehead atoms. The second kappa shape index (κ2) is 5.51. The van der Waals surface area contributed by atoms with Gasteiger partial charge in [0.25, 0.3) is 5.91 Å². The van der Waals surface area contributed by atoms with Crippen LogP contribution in [0.1, 0.15) is 28.5 Å². The molecular formula is C13H17N5O. The van der Waals surface area contributed by atoms with Gasteiger partial charge in [-0.1, -0.05) is 6.92 Å². The number of anilines is 1. The summed E-state index contributed by atoms with van der Waals surface area (Å²) >= 11 is 0. The first-order chi connectivity index (χ1) is 9.10. The van der Waals surface area contributed by atoms with E-state index < -0.39 is 0 Å². The number of carbonyl (C=O) groups excluding carboxylic acids is 1. The molecule has 0 spiro atoms. The Bertz CT molecular complexity index is 573. The summed E-state index contributed by atoms with van der Waals surface area (Å²) in [6.07, 6.45) is 4.23. The SMILES string of the molecule is CCc1nn(C)cc1CNC(=O)c1ccc(N)nc1. The van der Waals surface area contributed by atoms with Crippen molar-refractivity contribution in [2.24, 2.45) is 7.05 Å². The van der Waals surface area contributed by atoms with Crippen molar-refractivity contribution in [3.8, 4) is 0 Å². The molecule has 0 saturated carbocycles. The largest absolute Gasteiger partial charge is 0.384 e. The number of aromatic nitrogens is 3. The molecule has 2 rings (SSSR count). The number of pyridine rings is 1. The maximum absolute atomic E-state index is 11.9. The number of amides is 1. The second-order valence-electron chi connectivity index (χ2n) is 4.28. The summed E-state index contributed by atoms with van der Waals surface area (Å²) in [5, 5.41) is 7.18. The summed E-state index contributed by atoms with van der Waals surface area (Å²) in [5.41, 5.74) is 8.00. The number of nitrogens with two attached hydrogens (primary N) is 1. The number of aryl methyl sites for hydroxylation is 2. The van der Waals surface area contributed by atoms with Crippen LogP contribution in [0.25, 0.3) is 0 Å². The molecule has 2 aromatic rings. The summed E-state index contributed by atoms with van der Waals surface area (Å²) in [5.74, 6) is 0.232. The van der Waals surface area contributed by atoms with Gasteiger partial charge in [0.1, 0.15) is 5.82 Å². The molecule has 3 N–H and O–H groups in total. The van der Waals surface area contributed by atoms with Crippen LogP contribution in [0.15, 0.2) is 24.5 Å². The summed E-state index contributed by atoms with van der Waals surface area (Å²) in [7, 11) is 1.87. The Morgan fingerprint density at radius 2 is 2.26 bits per heavy atom.